The lowest BCUT2D eigenvalue weighted by molar-refractivity contribution is -0.131. The number of hydrogen-bond acceptors (Lipinski definition) is 5. The SMILES string of the molecule is O=C(NCCCC(=O)N1CCN(c2cnn(-c3ccccc3)c(=O)c2Cl)CC1)C1CC1. The fraction of sp³-hybridized carbons (Fsp3) is 0.455. The molecule has 1 aromatic heterocycles. The number of carbonyl (C=O) groups is 2. The largest absolute Gasteiger partial charge is 0.365 e. The predicted molar refractivity (Wildman–Crippen MR) is 119 cm³/mol. The Hall–Kier alpha value is -2.87. The summed E-state index contributed by atoms with van der Waals surface area (Å²) in [6, 6.07) is 9.14. The van der Waals surface area contributed by atoms with Crippen LogP contribution in [0.2, 0.25) is 5.02 Å². The van der Waals surface area contributed by atoms with Crippen LogP contribution in [-0.4, -0.2) is 59.2 Å². The molecule has 9 heteroatoms. The zero-order valence-corrected chi connectivity index (χ0v) is 18.1. The summed E-state index contributed by atoms with van der Waals surface area (Å²) in [5.74, 6) is 0.393. The Kier molecular flexibility index (Phi) is 6.56. The highest BCUT2D eigenvalue weighted by Crippen LogP contribution is 2.28. The maximum atomic E-state index is 12.7. The Morgan fingerprint density at radius 1 is 1.10 bits per heavy atom. The lowest BCUT2D eigenvalue weighted by Gasteiger charge is -2.36. The van der Waals surface area contributed by atoms with E-state index in [2.05, 4.69) is 10.4 Å². The number of carbonyl (C=O) groups excluding carboxylic acids is 2. The Morgan fingerprint density at radius 2 is 1.81 bits per heavy atom. The number of piperazine rings is 1. The molecular weight excluding hydrogens is 418 g/mol. The molecule has 1 saturated carbocycles. The molecule has 0 radical (unpaired) electrons. The van der Waals surface area contributed by atoms with Gasteiger partial charge in [0.15, 0.2) is 0 Å². The topological polar surface area (TPSA) is 87.5 Å². The second kappa shape index (κ2) is 9.51. The van der Waals surface area contributed by atoms with Crippen molar-refractivity contribution in [3.05, 3.63) is 51.9 Å². The van der Waals surface area contributed by atoms with Crippen LogP contribution >= 0.6 is 11.6 Å². The number of nitrogens with zero attached hydrogens (tertiary/aromatic N) is 4. The fourth-order valence-electron chi connectivity index (χ4n) is 3.69. The van der Waals surface area contributed by atoms with Crippen LogP contribution in [0.15, 0.2) is 41.3 Å². The third-order valence-electron chi connectivity index (χ3n) is 5.69. The van der Waals surface area contributed by atoms with Gasteiger partial charge in [0.2, 0.25) is 11.8 Å². The summed E-state index contributed by atoms with van der Waals surface area (Å²) in [6.07, 6.45) is 4.63. The standard InChI is InChI=1S/C22H26ClN5O3/c23-20-18(15-25-28(22(20)31)17-5-2-1-3-6-17)26-11-13-27(14-12-26)19(29)7-4-10-24-21(30)16-8-9-16/h1-3,5-6,15-16H,4,7-14H2,(H,24,30). The van der Waals surface area contributed by atoms with E-state index in [0.717, 1.165) is 12.8 Å². The first-order valence-electron chi connectivity index (χ1n) is 10.7. The van der Waals surface area contributed by atoms with Gasteiger partial charge in [-0.1, -0.05) is 29.8 Å². The maximum Gasteiger partial charge on any atom is 0.292 e. The van der Waals surface area contributed by atoms with E-state index in [-0.39, 0.29) is 28.3 Å². The van der Waals surface area contributed by atoms with Crippen molar-refractivity contribution in [3.8, 4) is 5.69 Å². The lowest BCUT2D eigenvalue weighted by atomic mass is 10.2. The average Bonchev–Trinajstić information content (AvgIpc) is 3.65. The molecule has 31 heavy (non-hydrogen) atoms. The van der Waals surface area contributed by atoms with Crippen LogP contribution in [-0.2, 0) is 9.59 Å². The van der Waals surface area contributed by atoms with Gasteiger partial charge in [-0.25, -0.2) is 0 Å². The molecular formula is C22H26ClN5O3. The van der Waals surface area contributed by atoms with Gasteiger partial charge in [0, 0.05) is 45.1 Å². The zero-order chi connectivity index (χ0) is 21.8. The van der Waals surface area contributed by atoms with E-state index in [4.69, 9.17) is 11.6 Å². The summed E-state index contributed by atoms with van der Waals surface area (Å²) in [5, 5.41) is 7.30. The molecule has 2 aromatic rings. The van der Waals surface area contributed by atoms with Gasteiger partial charge in [-0.2, -0.15) is 9.78 Å². The molecule has 2 heterocycles. The zero-order valence-electron chi connectivity index (χ0n) is 17.3. The van der Waals surface area contributed by atoms with Crippen molar-refractivity contribution < 1.29 is 9.59 Å². The quantitative estimate of drug-likeness (QED) is 0.660. The molecule has 8 nitrogen and oxygen atoms in total. The lowest BCUT2D eigenvalue weighted by Crippen LogP contribution is -2.49. The molecule has 1 aliphatic carbocycles. The average molecular weight is 444 g/mol. The molecule has 0 unspecified atom stereocenters. The monoisotopic (exact) mass is 443 g/mol. The number of aromatic nitrogens is 2. The van der Waals surface area contributed by atoms with E-state index in [0.29, 0.717) is 56.9 Å². The van der Waals surface area contributed by atoms with Gasteiger partial charge >= 0.3 is 0 Å². The van der Waals surface area contributed by atoms with E-state index >= 15 is 0 Å². The van der Waals surface area contributed by atoms with Crippen LogP contribution in [0.4, 0.5) is 5.69 Å². The summed E-state index contributed by atoms with van der Waals surface area (Å²) in [4.78, 5) is 40.6. The Balaban J connectivity index is 1.29. The molecule has 0 atom stereocenters. The Morgan fingerprint density at radius 3 is 2.48 bits per heavy atom. The van der Waals surface area contributed by atoms with Gasteiger partial charge in [0.1, 0.15) is 5.02 Å². The van der Waals surface area contributed by atoms with Crippen molar-refractivity contribution in [1.82, 2.24) is 20.0 Å². The van der Waals surface area contributed by atoms with Crippen LogP contribution in [0.3, 0.4) is 0 Å². The van der Waals surface area contributed by atoms with Crippen molar-refractivity contribution in [2.45, 2.75) is 25.7 Å². The molecule has 0 spiro atoms. The second-order valence-electron chi connectivity index (χ2n) is 7.93. The first-order chi connectivity index (χ1) is 15.0. The summed E-state index contributed by atoms with van der Waals surface area (Å²) in [6.45, 7) is 2.83. The second-order valence-corrected chi connectivity index (χ2v) is 8.31. The summed E-state index contributed by atoms with van der Waals surface area (Å²) in [7, 11) is 0. The molecule has 1 saturated heterocycles. The minimum atomic E-state index is -0.364. The number of rotatable bonds is 7. The number of amides is 2. The summed E-state index contributed by atoms with van der Waals surface area (Å²) >= 11 is 6.39. The van der Waals surface area contributed by atoms with Gasteiger partial charge in [-0.15, -0.1) is 0 Å². The Labute approximate surface area is 185 Å². The molecule has 164 valence electrons. The number of nitrogens with one attached hydrogen (secondary N) is 1. The number of benzene rings is 1. The molecule has 2 amide bonds. The van der Waals surface area contributed by atoms with E-state index < -0.39 is 0 Å². The van der Waals surface area contributed by atoms with Gasteiger partial charge in [-0.05, 0) is 31.4 Å². The highest BCUT2D eigenvalue weighted by molar-refractivity contribution is 6.33. The molecule has 4 rings (SSSR count). The van der Waals surface area contributed by atoms with E-state index in [1.807, 2.05) is 28.0 Å². The number of anilines is 1. The molecule has 2 fully saturated rings. The van der Waals surface area contributed by atoms with Crippen molar-refractivity contribution >= 4 is 29.1 Å². The van der Waals surface area contributed by atoms with Crippen molar-refractivity contribution in [1.29, 1.82) is 0 Å². The van der Waals surface area contributed by atoms with E-state index in [9.17, 15) is 14.4 Å². The number of para-hydroxylation sites is 1. The predicted octanol–water partition coefficient (Wildman–Crippen LogP) is 1.84. The molecule has 1 aliphatic heterocycles. The molecule has 0 bridgehead atoms. The summed E-state index contributed by atoms with van der Waals surface area (Å²) in [5.41, 5.74) is 0.885. The summed E-state index contributed by atoms with van der Waals surface area (Å²) < 4.78 is 1.29. The van der Waals surface area contributed by atoms with Crippen molar-refractivity contribution in [2.24, 2.45) is 5.92 Å². The number of hydrogen-bond donors (Lipinski definition) is 1. The molecule has 1 aromatic carbocycles. The van der Waals surface area contributed by atoms with Crippen LogP contribution < -0.4 is 15.8 Å². The molecule has 1 N–H and O–H groups in total. The van der Waals surface area contributed by atoms with Gasteiger partial charge in [-0.3, -0.25) is 14.4 Å². The first kappa shape index (κ1) is 21.4. The van der Waals surface area contributed by atoms with Gasteiger partial charge < -0.3 is 15.1 Å². The van der Waals surface area contributed by atoms with E-state index in [1.54, 1.807) is 18.3 Å². The van der Waals surface area contributed by atoms with Crippen LogP contribution in [0.1, 0.15) is 25.7 Å². The Bertz CT molecular complexity index is 998. The van der Waals surface area contributed by atoms with Gasteiger partial charge in [0.05, 0.1) is 17.6 Å². The van der Waals surface area contributed by atoms with Crippen molar-refractivity contribution in [3.63, 3.8) is 0 Å². The smallest absolute Gasteiger partial charge is 0.292 e. The third-order valence-corrected chi connectivity index (χ3v) is 6.04. The highest BCUT2D eigenvalue weighted by atomic mass is 35.5. The fourth-order valence-corrected chi connectivity index (χ4v) is 3.94. The van der Waals surface area contributed by atoms with Crippen LogP contribution in [0, 0.1) is 5.92 Å². The third kappa shape index (κ3) is 5.07. The highest BCUT2D eigenvalue weighted by Gasteiger charge is 2.29. The minimum Gasteiger partial charge on any atom is -0.365 e. The maximum absolute atomic E-state index is 12.7. The first-order valence-corrected chi connectivity index (χ1v) is 11.1. The van der Waals surface area contributed by atoms with E-state index in [1.165, 1.54) is 4.68 Å². The minimum absolute atomic E-state index is 0.0871. The molecule has 2 aliphatic rings. The number of halogens is 1. The van der Waals surface area contributed by atoms with Crippen LogP contribution in [0.25, 0.3) is 5.69 Å². The van der Waals surface area contributed by atoms with Crippen molar-refractivity contribution in [2.75, 3.05) is 37.6 Å². The van der Waals surface area contributed by atoms with Gasteiger partial charge in [0.25, 0.3) is 5.56 Å². The van der Waals surface area contributed by atoms with Crippen LogP contribution in [0.5, 0.6) is 0 Å². The normalized spacial score (nSPS) is 16.3.